The molecule has 0 bridgehead atoms. The van der Waals surface area contributed by atoms with Crippen LogP contribution in [0.25, 0.3) is 21.5 Å². The molecule has 1 aromatic carbocycles. The summed E-state index contributed by atoms with van der Waals surface area (Å²) in [5, 5.41) is 3.13. The second kappa shape index (κ2) is 18.9. The van der Waals surface area contributed by atoms with Crippen LogP contribution in [0.15, 0.2) is 48.2 Å². The van der Waals surface area contributed by atoms with Gasteiger partial charge in [0.1, 0.15) is 11.5 Å². The Kier molecular flexibility index (Phi) is 14.1. The molecule has 0 aliphatic carbocycles. The van der Waals surface area contributed by atoms with Gasteiger partial charge in [0.25, 0.3) is 0 Å². The van der Waals surface area contributed by atoms with Gasteiger partial charge in [-0.2, -0.15) is 0 Å². The Morgan fingerprint density at radius 1 is 0.854 bits per heavy atom. The van der Waals surface area contributed by atoms with Crippen molar-refractivity contribution in [3.05, 3.63) is 59.6 Å². The Hall–Kier alpha value is -3.50. The van der Waals surface area contributed by atoms with Crippen molar-refractivity contribution in [3.8, 4) is 11.3 Å². The monoisotopic (exact) mass is 673 g/mol. The van der Waals surface area contributed by atoms with E-state index in [4.69, 9.17) is 0 Å². The van der Waals surface area contributed by atoms with Crippen molar-refractivity contribution in [2.45, 2.75) is 103 Å². The van der Waals surface area contributed by atoms with Gasteiger partial charge < -0.3 is 15.1 Å². The summed E-state index contributed by atoms with van der Waals surface area (Å²) in [6.07, 6.45) is 19.3. The van der Waals surface area contributed by atoms with Crippen LogP contribution >= 0.6 is 11.3 Å². The van der Waals surface area contributed by atoms with Crippen molar-refractivity contribution in [3.63, 3.8) is 0 Å². The maximum absolute atomic E-state index is 14.8. The van der Waals surface area contributed by atoms with Gasteiger partial charge in [0.2, 0.25) is 11.9 Å². The molecule has 0 radical (unpaired) electrons. The van der Waals surface area contributed by atoms with Gasteiger partial charge in [-0.3, -0.25) is 4.79 Å². The molecule has 1 N–H and O–H groups in total. The zero-order valence-electron chi connectivity index (χ0n) is 28.8. The summed E-state index contributed by atoms with van der Waals surface area (Å²) in [5.74, 6) is 0.307. The summed E-state index contributed by atoms with van der Waals surface area (Å²) < 4.78 is 15.8. The molecular weight excluding hydrogens is 622 g/mol. The molecule has 4 heterocycles. The zero-order valence-corrected chi connectivity index (χ0v) is 29.6. The third kappa shape index (κ3) is 10.3. The van der Waals surface area contributed by atoms with Crippen molar-refractivity contribution in [2.75, 3.05) is 38.0 Å². The third-order valence-corrected chi connectivity index (χ3v) is 10.3. The third-order valence-electron chi connectivity index (χ3n) is 9.55. The summed E-state index contributed by atoms with van der Waals surface area (Å²) >= 11 is 1.51. The Balaban J connectivity index is 1.18. The molecule has 1 fully saturated rings. The molecule has 1 saturated heterocycles. The number of pyridine rings is 1. The number of piperazine rings is 1. The standard InChI is InChI=1S/C38H52FN7OS/c1-3-5-6-7-8-9-10-11-12-13-14-15-16-31(37(47)46-23-21-45(4-2)22-24-46)30-18-20-35(40-26-30)43-38-41-27-32(39)36(44-38)29-17-19-33-34(25-29)48-28-42-33/h17-20,25-28,31H,3-16,21-24H2,1-2H3,(H,40,41,43,44). The number of nitrogens with zero attached hydrogens (tertiary/aromatic N) is 6. The number of halogens is 1. The van der Waals surface area contributed by atoms with Gasteiger partial charge in [-0.25, -0.2) is 24.3 Å². The Morgan fingerprint density at radius 2 is 1.56 bits per heavy atom. The number of carbonyl (C=O) groups excluding carboxylic acids is 1. The predicted octanol–water partition coefficient (Wildman–Crippen LogP) is 9.37. The van der Waals surface area contributed by atoms with Crippen LogP contribution in [0.2, 0.25) is 0 Å². The number of benzene rings is 1. The first-order chi connectivity index (χ1) is 23.6. The van der Waals surface area contributed by atoms with Gasteiger partial charge in [0, 0.05) is 37.9 Å². The summed E-state index contributed by atoms with van der Waals surface area (Å²) in [5.41, 5.74) is 4.47. The smallest absolute Gasteiger partial charge is 0.230 e. The number of nitrogens with one attached hydrogen (secondary N) is 1. The lowest BCUT2D eigenvalue weighted by Crippen LogP contribution is -2.49. The molecule has 5 rings (SSSR count). The van der Waals surface area contributed by atoms with Gasteiger partial charge in [0.15, 0.2) is 5.82 Å². The average molecular weight is 674 g/mol. The number of amides is 1. The van der Waals surface area contributed by atoms with Crippen molar-refractivity contribution in [1.82, 2.24) is 29.7 Å². The van der Waals surface area contributed by atoms with E-state index in [0.717, 1.165) is 67.8 Å². The number of carbonyl (C=O) groups is 1. The molecule has 0 saturated carbocycles. The first-order valence-corrected chi connectivity index (χ1v) is 19.0. The van der Waals surface area contributed by atoms with Crippen LogP contribution in [0.1, 0.15) is 109 Å². The molecule has 1 unspecified atom stereocenters. The van der Waals surface area contributed by atoms with E-state index in [1.165, 1.54) is 81.7 Å². The van der Waals surface area contributed by atoms with Crippen LogP contribution in [-0.2, 0) is 4.79 Å². The molecule has 1 aliphatic rings. The SMILES string of the molecule is CCCCCCCCCCCCCCC(C(=O)N1CCN(CC)CC1)c1ccc(Nc2ncc(F)c(-c3ccc4ncsc4c3)n2)nc1. The van der Waals surface area contributed by atoms with E-state index in [2.05, 4.69) is 44.0 Å². The fourth-order valence-corrected chi connectivity index (χ4v) is 7.28. The number of hydrogen-bond acceptors (Lipinski definition) is 8. The van der Waals surface area contributed by atoms with Crippen molar-refractivity contribution in [1.29, 1.82) is 0 Å². The largest absolute Gasteiger partial charge is 0.340 e. The molecule has 10 heteroatoms. The number of thiazole rings is 1. The van der Waals surface area contributed by atoms with Crippen molar-refractivity contribution < 1.29 is 9.18 Å². The number of aromatic nitrogens is 4. The molecule has 3 aromatic heterocycles. The number of unbranched alkanes of at least 4 members (excludes halogenated alkanes) is 11. The highest BCUT2D eigenvalue weighted by molar-refractivity contribution is 7.16. The molecule has 258 valence electrons. The first-order valence-electron chi connectivity index (χ1n) is 18.2. The fourth-order valence-electron chi connectivity index (χ4n) is 6.56. The first kappa shape index (κ1) is 35.8. The molecule has 0 spiro atoms. The minimum atomic E-state index is -0.494. The van der Waals surface area contributed by atoms with Gasteiger partial charge in [-0.05, 0) is 36.7 Å². The predicted molar refractivity (Wildman–Crippen MR) is 195 cm³/mol. The van der Waals surface area contributed by atoms with E-state index in [-0.39, 0.29) is 23.5 Å². The average Bonchev–Trinajstić information content (AvgIpc) is 3.60. The van der Waals surface area contributed by atoms with Crippen molar-refractivity contribution in [2.24, 2.45) is 0 Å². The minimum Gasteiger partial charge on any atom is -0.340 e. The van der Waals surface area contributed by atoms with E-state index in [9.17, 15) is 9.18 Å². The number of anilines is 2. The maximum Gasteiger partial charge on any atom is 0.230 e. The molecule has 8 nitrogen and oxygen atoms in total. The van der Waals surface area contributed by atoms with E-state index < -0.39 is 5.82 Å². The number of fused-ring (bicyclic) bond motifs is 1. The lowest BCUT2D eigenvalue weighted by molar-refractivity contribution is -0.134. The van der Waals surface area contributed by atoms with Crippen LogP contribution in [0.3, 0.4) is 0 Å². The molecule has 1 atom stereocenters. The molecular formula is C38H52FN7OS. The fraction of sp³-hybridized carbons (Fsp3) is 0.553. The van der Waals surface area contributed by atoms with E-state index >= 15 is 0 Å². The normalized spacial score (nSPS) is 14.4. The number of likely N-dealkylation sites (N-methyl/N-ethyl adjacent to an activating group) is 1. The molecule has 48 heavy (non-hydrogen) atoms. The van der Waals surface area contributed by atoms with Crippen LogP contribution < -0.4 is 5.32 Å². The van der Waals surface area contributed by atoms with Crippen LogP contribution in [-0.4, -0.2) is 68.4 Å². The second-order valence-electron chi connectivity index (χ2n) is 13.0. The van der Waals surface area contributed by atoms with Crippen LogP contribution in [0.4, 0.5) is 16.2 Å². The Labute approximate surface area is 289 Å². The summed E-state index contributed by atoms with van der Waals surface area (Å²) in [7, 11) is 0. The van der Waals surface area contributed by atoms with Crippen LogP contribution in [0, 0.1) is 5.82 Å². The topological polar surface area (TPSA) is 87.1 Å². The quantitative estimate of drug-likeness (QED) is 0.0993. The summed E-state index contributed by atoms with van der Waals surface area (Å²) in [6.45, 7) is 8.85. The molecule has 1 aliphatic heterocycles. The molecule has 4 aromatic rings. The Morgan fingerprint density at radius 3 is 2.23 bits per heavy atom. The summed E-state index contributed by atoms with van der Waals surface area (Å²) in [4.78, 5) is 35.9. The van der Waals surface area contributed by atoms with Crippen molar-refractivity contribution >= 4 is 39.2 Å². The zero-order chi connectivity index (χ0) is 33.6. The second-order valence-corrected chi connectivity index (χ2v) is 13.9. The maximum atomic E-state index is 14.8. The highest BCUT2D eigenvalue weighted by atomic mass is 32.1. The van der Waals surface area contributed by atoms with Crippen LogP contribution in [0.5, 0.6) is 0 Å². The van der Waals surface area contributed by atoms with E-state index in [1.54, 1.807) is 11.7 Å². The highest BCUT2D eigenvalue weighted by Crippen LogP contribution is 2.29. The highest BCUT2D eigenvalue weighted by Gasteiger charge is 2.28. The van der Waals surface area contributed by atoms with Gasteiger partial charge in [-0.1, -0.05) is 103 Å². The summed E-state index contributed by atoms with van der Waals surface area (Å²) in [6, 6.07) is 9.44. The lowest BCUT2D eigenvalue weighted by atomic mass is 9.92. The van der Waals surface area contributed by atoms with Gasteiger partial charge in [0.05, 0.1) is 27.8 Å². The number of hydrogen-bond donors (Lipinski definition) is 1. The van der Waals surface area contributed by atoms with Gasteiger partial charge in [-0.15, -0.1) is 11.3 Å². The van der Waals surface area contributed by atoms with Gasteiger partial charge >= 0.3 is 0 Å². The minimum absolute atomic E-state index is 0.209. The lowest BCUT2D eigenvalue weighted by Gasteiger charge is -2.36. The molecule has 1 amide bonds. The Bertz CT molecular complexity index is 1550. The van der Waals surface area contributed by atoms with E-state index in [1.807, 2.05) is 35.2 Å². The number of rotatable bonds is 19. The van der Waals surface area contributed by atoms with E-state index in [0.29, 0.717) is 11.4 Å².